The molecule has 1 fully saturated rings. The second-order valence-corrected chi connectivity index (χ2v) is 8.82. The Balaban J connectivity index is 1.67. The number of Topliss-reactive ketones (excluding diaryl/α,β-unsaturated/α-hetero) is 1. The van der Waals surface area contributed by atoms with E-state index in [1.54, 1.807) is 14.2 Å². The van der Waals surface area contributed by atoms with Gasteiger partial charge in [-0.25, -0.2) is 4.79 Å². The molecule has 33 heavy (non-hydrogen) atoms. The first kappa shape index (κ1) is 23.0. The summed E-state index contributed by atoms with van der Waals surface area (Å²) in [6.45, 7) is 3.97. The van der Waals surface area contributed by atoms with Crippen LogP contribution in [0.5, 0.6) is 17.2 Å². The van der Waals surface area contributed by atoms with Gasteiger partial charge in [0.25, 0.3) is 0 Å². The molecule has 176 valence electrons. The van der Waals surface area contributed by atoms with Crippen molar-refractivity contribution >= 4 is 11.9 Å². The molecule has 2 aromatic carbocycles. The molecule has 0 aromatic heterocycles. The first-order valence-electron chi connectivity index (χ1n) is 11.4. The zero-order valence-electron chi connectivity index (χ0n) is 19.6. The predicted molar refractivity (Wildman–Crippen MR) is 124 cm³/mol. The quantitative estimate of drug-likeness (QED) is 0.588. The molecule has 1 saturated carbocycles. The molecule has 0 heterocycles. The number of ether oxygens (including phenoxy) is 4. The number of rotatable bonds is 9. The summed E-state index contributed by atoms with van der Waals surface area (Å²) < 4.78 is 23.2. The molecule has 0 bridgehead atoms. The number of carbonyl (C=O) groups excluding carboxylic acids is 2. The van der Waals surface area contributed by atoms with E-state index in [0.29, 0.717) is 30.1 Å². The molecule has 7 heteroatoms. The summed E-state index contributed by atoms with van der Waals surface area (Å²) in [6.07, 6.45) is 2.40. The second-order valence-electron chi connectivity index (χ2n) is 8.82. The van der Waals surface area contributed by atoms with Crippen molar-refractivity contribution in [1.82, 2.24) is 5.32 Å². The monoisotopic (exact) mass is 453 g/mol. The Morgan fingerprint density at radius 3 is 2.42 bits per heavy atom. The molecular weight excluding hydrogens is 422 g/mol. The second kappa shape index (κ2) is 9.73. The highest BCUT2D eigenvalue weighted by Crippen LogP contribution is 2.47. The lowest BCUT2D eigenvalue weighted by atomic mass is 9.95. The van der Waals surface area contributed by atoms with Crippen molar-refractivity contribution in [2.24, 2.45) is 5.92 Å². The summed E-state index contributed by atoms with van der Waals surface area (Å²) in [5.74, 6) is 1.97. The largest absolute Gasteiger partial charge is 0.493 e. The molecule has 1 unspecified atom stereocenters. The van der Waals surface area contributed by atoms with Crippen molar-refractivity contribution in [3.8, 4) is 28.4 Å². The number of benzene rings is 2. The van der Waals surface area contributed by atoms with Crippen LogP contribution in [-0.4, -0.2) is 44.8 Å². The van der Waals surface area contributed by atoms with Crippen LogP contribution in [0.4, 0.5) is 4.79 Å². The highest BCUT2D eigenvalue weighted by Gasteiger charge is 2.36. The summed E-state index contributed by atoms with van der Waals surface area (Å²) in [7, 11) is 3.14. The number of hydrogen-bond acceptors (Lipinski definition) is 6. The third-order valence-electron chi connectivity index (χ3n) is 6.07. The number of fused-ring (bicyclic) bond motifs is 1. The molecule has 7 nitrogen and oxygen atoms in total. The van der Waals surface area contributed by atoms with E-state index in [1.165, 1.54) is 0 Å². The van der Waals surface area contributed by atoms with Gasteiger partial charge in [-0.3, -0.25) is 4.79 Å². The molecule has 2 aliphatic carbocycles. The van der Waals surface area contributed by atoms with Crippen LogP contribution < -0.4 is 19.5 Å². The Morgan fingerprint density at radius 2 is 1.76 bits per heavy atom. The summed E-state index contributed by atoms with van der Waals surface area (Å²) in [4.78, 5) is 24.5. The maximum atomic E-state index is 12.3. The summed E-state index contributed by atoms with van der Waals surface area (Å²) in [5, 5.41) is 2.77. The maximum absolute atomic E-state index is 12.3. The van der Waals surface area contributed by atoms with Crippen molar-refractivity contribution in [2.75, 3.05) is 20.8 Å². The zero-order chi connectivity index (χ0) is 23.5. The van der Waals surface area contributed by atoms with Gasteiger partial charge in [0, 0.05) is 23.6 Å². The lowest BCUT2D eigenvalue weighted by molar-refractivity contribution is 0.0506. The van der Waals surface area contributed by atoms with E-state index in [4.69, 9.17) is 18.9 Å². The molecule has 0 radical (unpaired) electrons. The van der Waals surface area contributed by atoms with E-state index >= 15 is 0 Å². The molecule has 0 spiro atoms. The zero-order valence-corrected chi connectivity index (χ0v) is 19.6. The number of methoxy groups -OCH3 is 2. The minimum Gasteiger partial charge on any atom is -0.493 e. The molecule has 1 N–H and O–H groups in total. The minimum atomic E-state index is -0.442. The Morgan fingerprint density at radius 1 is 1.00 bits per heavy atom. The fraction of sp³-hybridized carbons (Fsp3) is 0.462. The van der Waals surface area contributed by atoms with Crippen molar-refractivity contribution < 1.29 is 28.5 Å². The summed E-state index contributed by atoms with van der Waals surface area (Å²) in [6, 6.07) is 9.52. The van der Waals surface area contributed by atoms with Gasteiger partial charge < -0.3 is 24.3 Å². The van der Waals surface area contributed by atoms with Crippen LogP contribution in [0.2, 0.25) is 0 Å². The lowest BCUT2D eigenvalue weighted by Gasteiger charge is -2.23. The van der Waals surface area contributed by atoms with Crippen LogP contribution >= 0.6 is 0 Å². The van der Waals surface area contributed by atoms with E-state index < -0.39 is 6.09 Å². The van der Waals surface area contributed by atoms with E-state index in [1.807, 2.05) is 44.2 Å². The van der Waals surface area contributed by atoms with Crippen LogP contribution in [0.3, 0.4) is 0 Å². The van der Waals surface area contributed by atoms with E-state index in [9.17, 15) is 9.59 Å². The smallest absolute Gasteiger partial charge is 0.407 e. The van der Waals surface area contributed by atoms with E-state index in [-0.39, 0.29) is 30.5 Å². The Labute approximate surface area is 194 Å². The number of alkyl carbamates (subject to hydrolysis) is 1. The SMILES string of the molecule is COc1ccc(-c2cccc3c2CCC3=O)c(OCC(OC(=O)NC(C)C)C2CC2)c1OC. The molecule has 1 atom stereocenters. The van der Waals surface area contributed by atoms with Gasteiger partial charge in [0.05, 0.1) is 14.2 Å². The van der Waals surface area contributed by atoms with Gasteiger partial charge in [-0.1, -0.05) is 18.2 Å². The van der Waals surface area contributed by atoms with Crippen LogP contribution in [-0.2, 0) is 11.2 Å². The number of nitrogens with one attached hydrogen (secondary N) is 1. The van der Waals surface area contributed by atoms with Gasteiger partial charge >= 0.3 is 6.09 Å². The highest BCUT2D eigenvalue weighted by molar-refractivity contribution is 6.02. The van der Waals surface area contributed by atoms with Crippen molar-refractivity contribution in [2.45, 2.75) is 51.7 Å². The number of carbonyl (C=O) groups is 2. The van der Waals surface area contributed by atoms with E-state index in [0.717, 1.165) is 35.1 Å². The fourth-order valence-corrected chi connectivity index (χ4v) is 4.30. The number of ketones is 1. The fourth-order valence-electron chi connectivity index (χ4n) is 4.30. The first-order valence-corrected chi connectivity index (χ1v) is 11.4. The molecule has 4 rings (SSSR count). The van der Waals surface area contributed by atoms with Gasteiger partial charge in [0.15, 0.2) is 17.3 Å². The molecular formula is C26H31NO6. The van der Waals surface area contributed by atoms with E-state index in [2.05, 4.69) is 5.32 Å². The van der Waals surface area contributed by atoms with Crippen LogP contribution in [0.25, 0.3) is 11.1 Å². The lowest BCUT2D eigenvalue weighted by Crippen LogP contribution is -2.36. The van der Waals surface area contributed by atoms with Crippen molar-refractivity contribution in [3.63, 3.8) is 0 Å². The number of hydrogen-bond donors (Lipinski definition) is 1. The van der Waals surface area contributed by atoms with Gasteiger partial charge in [0.1, 0.15) is 12.7 Å². The van der Waals surface area contributed by atoms with Gasteiger partial charge in [-0.05, 0) is 62.3 Å². The average molecular weight is 454 g/mol. The summed E-state index contributed by atoms with van der Waals surface area (Å²) >= 11 is 0. The normalized spacial score (nSPS) is 15.7. The Kier molecular flexibility index (Phi) is 6.77. The van der Waals surface area contributed by atoms with Gasteiger partial charge in [-0.2, -0.15) is 0 Å². The topological polar surface area (TPSA) is 83.1 Å². The predicted octanol–water partition coefficient (Wildman–Crippen LogP) is 4.79. The standard InChI is InChI=1S/C26H31NO6/c1-15(2)27-26(29)33-23(16-8-9-16)14-32-24-20(11-13-22(30-3)25(24)31-4)17-6-5-7-19-18(17)10-12-21(19)28/h5-7,11,13,15-16,23H,8-10,12,14H2,1-4H3,(H,27,29). The Bertz CT molecular complexity index is 1040. The molecule has 0 saturated heterocycles. The highest BCUT2D eigenvalue weighted by atomic mass is 16.6. The maximum Gasteiger partial charge on any atom is 0.407 e. The molecule has 0 aliphatic heterocycles. The third kappa shape index (κ3) is 4.92. The summed E-state index contributed by atoms with van der Waals surface area (Å²) in [5.41, 5.74) is 3.54. The molecule has 1 amide bonds. The van der Waals surface area contributed by atoms with Crippen LogP contribution in [0, 0.1) is 5.92 Å². The van der Waals surface area contributed by atoms with Crippen molar-refractivity contribution in [1.29, 1.82) is 0 Å². The number of amides is 1. The van der Waals surface area contributed by atoms with Crippen molar-refractivity contribution in [3.05, 3.63) is 41.5 Å². The molecule has 2 aliphatic rings. The average Bonchev–Trinajstić information content (AvgIpc) is 3.57. The van der Waals surface area contributed by atoms with Crippen LogP contribution in [0.1, 0.15) is 49.0 Å². The molecule has 2 aromatic rings. The third-order valence-corrected chi connectivity index (χ3v) is 6.07. The van der Waals surface area contributed by atoms with Gasteiger partial charge in [-0.15, -0.1) is 0 Å². The minimum absolute atomic E-state index is 0.00811. The Hall–Kier alpha value is -3.22. The van der Waals surface area contributed by atoms with Gasteiger partial charge in [0.2, 0.25) is 5.75 Å². The first-order chi connectivity index (χ1) is 15.9. The van der Waals surface area contributed by atoms with Crippen LogP contribution in [0.15, 0.2) is 30.3 Å².